The van der Waals surface area contributed by atoms with Crippen LogP contribution in [0.3, 0.4) is 0 Å². The molecule has 1 N–H and O–H groups in total. The third-order valence-corrected chi connectivity index (χ3v) is 5.90. The number of anilines is 1. The lowest BCUT2D eigenvalue weighted by Crippen LogP contribution is -2.44. The predicted molar refractivity (Wildman–Crippen MR) is 116 cm³/mol. The molecule has 1 amide bonds. The van der Waals surface area contributed by atoms with Crippen LogP contribution in [0.1, 0.15) is 54.8 Å². The van der Waals surface area contributed by atoms with Gasteiger partial charge in [-0.2, -0.15) is 13.2 Å². The highest BCUT2D eigenvalue weighted by Gasteiger charge is 2.47. The number of halogens is 3. The molecular weight excluding hydrogens is 403 g/mol. The smallest absolute Gasteiger partial charge is 0.380 e. The molecule has 0 spiro atoms. The van der Waals surface area contributed by atoms with E-state index in [9.17, 15) is 18.0 Å². The first-order valence-corrected chi connectivity index (χ1v) is 10.4. The highest BCUT2D eigenvalue weighted by Crippen LogP contribution is 2.38. The molecule has 0 saturated heterocycles. The van der Waals surface area contributed by atoms with E-state index in [2.05, 4.69) is 36.3 Å². The zero-order valence-corrected chi connectivity index (χ0v) is 18.9. The van der Waals surface area contributed by atoms with Gasteiger partial charge in [0, 0.05) is 18.5 Å². The fourth-order valence-electron chi connectivity index (χ4n) is 4.28. The van der Waals surface area contributed by atoms with E-state index in [1.165, 1.54) is 41.6 Å². The minimum absolute atomic E-state index is 0.172. The summed E-state index contributed by atoms with van der Waals surface area (Å²) in [7, 11) is 1.18. The molecule has 1 heterocycles. The van der Waals surface area contributed by atoms with Crippen molar-refractivity contribution in [3.8, 4) is 0 Å². The fourth-order valence-corrected chi connectivity index (χ4v) is 4.28. The average molecular weight is 434 g/mol. The van der Waals surface area contributed by atoms with Crippen molar-refractivity contribution in [1.29, 1.82) is 0 Å². The van der Waals surface area contributed by atoms with Crippen LogP contribution in [0, 0.1) is 19.3 Å². The van der Waals surface area contributed by atoms with E-state index in [0.29, 0.717) is 5.69 Å². The Hall–Kier alpha value is -2.57. The number of carbonyl (C=O) groups excluding carboxylic acids is 1. The van der Waals surface area contributed by atoms with Gasteiger partial charge in [0.25, 0.3) is 0 Å². The number of hydrogen-bond donors (Lipinski definition) is 1. The average Bonchev–Trinajstić information content (AvgIpc) is 3.09. The van der Waals surface area contributed by atoms with E-state index in [-0.39, 0.29) is 11.7 Å². The highest BCUT2D eigenvalue weighted by atomic mass is 19.4. The number of fused-ring (bicyclic) bond motifs is 1. The zero-order valence-electron chi connectivity index (χ0n) is 18.9. The van der Waals surface area contributed by atoms with E-state index in [4.69, 9.17) is 0 Å². The SMILES string of the molecule is Cc1ccc(C)c2c1CC(Nc1ccc([C@H](N(C)C(=O)C(C)(C)C)C(F)(F)F)nc1)C2. The number of rotatable bonds is 4. The van der Waals surface area contributed by atoms with Crippen LogP contribution < -0.4 is 5.32 Å². The molecule has 0 bridgehead atoms. The van der Waals surface area contributed by atoms with Gasteiger partial charge in [0.05, 0.1) is 17.6 Å². The first-order chi connectivity index (χ1) is 14.3. The molecule has 2 aromatic rings. The number of aryl methyl sites for hydroxylation is 2. The third-order valence-electron chi connectivity index (χ3n) is 5.90. The molecule has 0 radical (unpaired) electrons. The standard InChI is InChI=1S/C24H30F3N3O/c1-14-7-8-15(2)19-12-17(11-18(14)19)29-16-9-10-20(28-13-16)21(24(25,26)27)30(6)22(31)23(3,4)5/h7-10,13,17,21,29H,11-12H2,1-6H3/t21-/m0/s1. The maximum absolute atomic E-state index is 13.8. The van der Waals surface area contributed by atoms with Gasteiger partial charge >= 0.3 is 6.18 Å². The minimum Gasteiger partial charge on any atom is -0.380 e. The number of nitrogens with one attached hydrogen (secondary N) is 1. The number of carbonyl (C=O) groups is 1. The summed E-state index contributed by atoms with van der Waals surface area (Å²) in [6.07, 6.45) is -1.46. The Morgan fingerprint density at radius 1 is 1.06 bits per heavy atom. The Bertz CT molecular complexity index is 931. The molecule has 0 unspecified atom stereocenters. The lowest BCUT2D eigenvalue weighted by Gasteiger charge is -2.33. The number of pyridine rings is 1. The van der Waals surface area contributed by atoms with Crippen molar-refractivity contribution in [3.05, 3.63) is 58.4 Å². The maximum Gasteiger partial charge on any atom is 0.414 e. The number of hydrogen-bond acceptors (Lipinski definition) is 3. The number of aromatic nitrogens is 1. The first kappa shape index (κ1) is 23.1. The summed E-state index contributed by atoms with van der Waals surface area (Å²) in [5.74, 6) is -0.590. The summed E-state index contributed by atoms with van der Waals surface area (Å²) < 4.78 is 41.4. The minimum atomic E-state index is -4.63. The van der Waals surface area contributed by atoms with Crippen LogP contribution in [-0.4, -0.2) is 35.1 Å². The molecule has 1 aromatic heterocycles. The van der Waals surface area contributed by atoms with Crippen LogP contribution in [-0.2, 0) is 17.6 Å². The first-order valence-electron chi connectivity index (χ1n) is 10.4. The van der Waals surface area contributed by atoms with Gasteiger partial charge in [0.2, 0.25) is 5.91 Å². The summed E-state index contributed by atoms with van der Waals surface area (Å²) >= 11 is 0. The van der Waals surface area contributed by atoms with Crippen molar-refractivity contribution in [2.75, 3.05) is 12.4 Å². The molecule has 1 atom stereocenters. The third kappa shape index (κ3) is 4.86. The van der Waals surface area contributed by atoms with Gasteiger partial charge in [0.1, 0.15) is 0 Å². The summed E-state index contributed by atoms with van der Waals surface area (Å²) in [6.45, 7) is 9.00. The van der Waals surface area contributed by atoms with Gasteiger partial charge in [-0.05, 0) is 61.1 Å². The molecule has 168 valence electrons. The van der Waals surface area contributed by atoms with Crippen molar-refractivity contribution in [1.82, 2.24) is 9.88 Å². The number of alkyl halides is 3. The van der Waals surface area contributed by atoms with Crippen LogP contribution >= 0.6 is 0 Å². The molecule has 3 rings (SSSR count). The zero-order chi connectivity index (χ0) is 23.1. The fraction of sp³-hybridized carbons (Fsp3) is 0.500. The molecule has 1 aliphatic carbocycles. The van der Waals surface area contributed by atoms with Crippen LogP contribution in [0.2, 0.25) is 0 Å². The van der Waals surface area contributed by atoms with Gasteiger partial charge in [0.15, 0.2) is 6.04 Å². The quantitative estimate of drug-likeness (QED) is 0.704. The van der Waals surface area contributed by atoms with Crippen molar-refractivity contribution in [3.63, 3.8) is 0 Å². The normalized spacial score (nSPS) is 15.5. The Morgan fingerprint density at radius 2 is 1.61 bits per heavy atom. The second kappa shape index (κ2) is 8.17. The molecule has 31 heavy (non-hydrogen) atoms. The molecule has 7 heteroatoms. The van der Waals surface area contributed by atoms with Gasteiger partial charge in [-0.3, -0.25) is 9.78 Å². The van der Waals surface area contributed by atoms with E-state index in [1.54, 1.807) is 26.8 Å². The number of nitrogens with zero attached hydrogens (tertiary/aromatic N) is 2. The molecule has 4 nitrogen and oxygen atoms in total. The van der Waals surface area contributed by atoms with E-state index < -0.39 is 23.5 Å². The van der Waals surface area contributed by atoms with Gasteiger partial charge in [-0.15, -0.1) is 0 Å². The van der Waals surface area contributed by atoms with Crippen LogP contribution in [0.15, 0.2) is 30.5 Å². The van der Waals surface area contributed by atoms with Crippen LogP contribution in [0.5, 0.6) is 0 Å². The largest absolute Gasteiger partial charge is 0.414 e. The summed E-state index contributed by atoms with van der Waals surface area (Å²) in [6, 6.07) is 5.30. The van der Waals surface area contributed by atoms with Gasteiger partial charge in [-0.25, -0.2) is 0 Å². The summed E-state index contributed by atoms with van der Waals surface area (Å²) in [5, 5.41) is 3.40. The van der Waals surface area contributed by atoms with Crippen LogP contribution in [0.4, 0.5) is 18.9 Å². The lowest BCUT2D eigenvalue weighted by molar-refractivity contribution is -0.192. The Labute approximate surface area is 181 Å². The monoisotopic (exact) mass is 433 g/mol. The predicted octanol–water partition coefficient (Wildman–Crippen LogP) is 5.39. The number of amides is 1. The number of benzene rings is 1. The molecule has 0 saturated carbocycles. The molecule has 0 fully saturated rings. The van der Waals surface area contributed by atoms with E-state index >= 15 is 0 Å². The lowest BCUT2D eigenvalue weighted by atomic mass is 9.93. The highest BCUT2D eigenvalue weighted by molar-refractivity contribution is 5.81. The van der Waals surface area contributed by atoms with Crippen LogP contribution in [0.25, 0.3) is 0 Å². The van der Waals surface area contributed by atoms with Crippen molar-refractivity contribution in [2.45, 2.75) is 65.7 Å². The van der Waals surface area contributed by atoms with Gasteiger partial charge < -0.3 is 10.2 Å². The van der Waals surface area contributed by atoms with Gasteiger partial charge in [-0.1, -0.05) is 32.9 Å². The second-order valence-electron chi connectivity index (χ2n) is 9.49. The van der Waals surface area contributed by atoms with E-state index in [0.717, 1.165) is 17.7 Å². The Balaban J connectivity index is 1.78. The maximum atomic E-state index is 13.8. The summed E-state index contributed by atoms with van der Waals surface area (Å²) in [5.41, 5.74) is 4.77. The van der Waals surface area contributed by atoms with Crippen molar-refractivity contribution < 1.29 is 18.0 Å². The second-order valence-corrected chi connectivity index (χ2v) is 9.49. The Kier molecular flexibility index (Phi) is 6.09. The van der Waals surface area contributed by atoms with E-state index in [1.807, 2.05) is 0 Å². The molecule has 0 aliphatic heterocycles. The van der Waals surface area contributed by atoms with Crippen molar-refractivity contribution >= 4 is 11.6 Å². The summed E-state index contributed by atoms with van der Waals surface area (Å²) in [4.78, 5) is 17.3. The van der Waals surface area contributed by atoms with Crippen molar-refractivity contribution in [2.24, 2.45) is 5.41 Å². The topological polar surface area (TPSA) is 45.2 Å². The Morgan fingerprint density at radius 3 is 2.03 bits per heavy atom. The molecule has 1 aromatic carbocycles. The molecular formula is C24H30F3N3O. The molecule has 1 aliphatic rings.